The number of carbonyl (C=O) groups is 1. The Hall–Kier alpha value is -2.38. The summed E-state index contributed by atoms with van der Waals surface area (Å²) in [5, 5.41) is 2.97. The average Bonchev–Trinajstić information content (AvgIpc) is 2.80. The fraction of sp³-hybridized carbons (Fsp3) is 0.458. The van der Waals surface area contributed by atoms with E-state index in [0.29, 0.717) is 25.9 Å². The number of sulfonamides is 1. The molecule has 0 aliphatic carbocycles. The molecule has 6 nitrogen and oxygen atoms in total. The predicted molar refractivity (Wildman–Crippen MR) is 123 cm³/mol. The molecule has 1 atom stereocenters. The maximum atomic E-state index is 12.8. The van der Waals surface area contributed by atoms with Gasteiger partial charge in [0.1, 0.15) is 5.75 Å². The number of carbonyl (C=O) groups excluding carboxylic acids is 1. The van der Waals surface area contributed by atoms with Crippen molar-refractivity contribution in [2.24, 2.45) is 5.92 Å². The van der Waals surface area contributed by atoms with Gasteiger partial charge in [-0.25, -0.2) is 12.7 Å². The van der Waals surface area contributed by atoms with Crippen LogP contribution in [0, 0.1) is 5.92 Å². The van der Waals surface area contributed by atoms with Crippen LogP contribution in [0.5, 0.6) is 5.75 Å². The minimum absolute atomic E-state index is 0.0577. The van der Waals surface area contributed by atoms with Gasteiger partial charge in [-0.1, -0.05) is 42.5 Å². The molecular formula is C24H32N2O4S. The molecule has 1 fully saturated rings. The second-order valence-electron chi connectivity index (χ2n) is 7.99. The van der Waals surface area contributed by atoms with E-state index in [9.17, 15) is 13.2 Å². The van der Waals surface area contributed by atoms with Gasteiger partial charge < -0.3 is 10.1 Å². The van der Waals surface area contributed by atoms with Gasteiger partial charge in [0, 0.05) is 19.6 Å². The summed E-state index contributed by atoms with van der Waals surface area (Å²) in [4.78, 5) is 12.6. The van der Waals surface area contributed by atoms with E-state index in [-0.39, 0.29) is 24.1 Å². The van der Waals surface area contributed by atoms with Gasteiger partial charge in [0.2, 0.25) is 15.9 Å². The monoisotopic (exact) mass is 444 g/mol. The lowest BCUT2D eigenvalue weighted by molar-refractivity contribution is -0.126. The van der Waals surface area contributed by atoms with Crippen molar-refractivity contribution in [1.82, 2.24) is 9.62 Å². The quantitative estimate of drug-likeness (QED) is 0.611. The summed E-state index contributed by atoms with van der Waals surface area (Å²) in [6.45, 7) is 1.32. The Morgan fingerprint density at radius 3 is 2.48 bits per heavy atom. The van der Waals surface area contributed by atoms with Crippen LogP contribution in [0.15, 0.2) is 54.6 Å². The van der Waals surface area contributed by atoms with Crippen LogP contribution in [0.2, 0.25) is 0 Å². The highest BCUT2D eigenvalue weighted by Crippen LogP contribution is 2.20. The van der Waals surface area contributed by atoms with Gasteiger partial charge in [-0.05, 0) is 55.4 Å². The third-order valence-corrected chi connectivity index (χ3v) is 7.65. The van der Waals surface area contributed by atoms with Crippen LogP contribution < -0.4 is 10.1 Å². The third-order valence-electron chi connectivity index (χ3n) is 5.73. The summed E-state index contributed by atoms with van der Waals surface area (Å²) in [6.07, 6.45) is 3.49. The number of rotatable bonds is 10. The number of nitrogens with one attached hydrogen (secondary N) is 1. The molecule has 2 aromatic rings. The molecule has 3 rings (SSSR count). The second-order valence-corrected chi connectivity index (χ2v) is 10.1. The number of aryl methyl sites for hydroxylation is 1. The number of methoxy groups -OCH3 is 1. The van der Waals surface area contributed by atoms with Crippen molar-refractivity contribution in [3.63, 3.8) is 0 Å². The molecule has 1 amide bonds. The lowest BCUT2D eigenvalue weighted by Gasteiger charge is -2.31. The van der Waals surface area contributed by atoms with Crippen molar-refractivity contribution in [2.45, 2.75) is 32.1 Å². The largest absolute Gasteiger partial charge is 0.497 e. The number of benzene rings is 2. The van der Waals surface area contributed by atoms with E-state index in [1.54, 1.807) is 7.11 Å². The Morgan fingerprint density at radius 1 is 1.06 bits per heavy atom. The fourth-order valence-corrected chi connectivity index (χ4v) is 5.49. The topological polar surface area (TPSA) is 75.7 Å². The lowest BCUT2D eigenvalue weighted by Crippen LogP contribution is -2.46. The van der Waals surface area contributed by atoms with E-state index in [4.69, 9.17) is 4.74 Å². The van der Waals surface area contributed by atoms with E-state index >= 15 is 0 Å². The van der Waals surface area contributed by atoms with Crippen molar-refractivity contribution in [3.05, 3.63) is 65.7 Å². The highest BCUT2D eigenvalue weighted by atomic mass is 32.2. The molecule has 31 heavy (non-hydrogen) atoms. The molecule has 0 saturated carbocycles. The molecule has 168 valence electrons. The van der Waals surface area contributed by atoms with E-state index in [1.165, 1.54) is 4.31 Å². The minimum Gasteiger partial charge on any atom is -0.497 e. The number of hydrogen-bond donors (Lipinski definition) is 1. The Bertz CT molecular complexity index is 930. The number of hydrogen-bond acceptors (Lipinski definition) is 4. The van der Waals surface area contributed by atoms with Gasteiger partial charge in [0.15, 0.2) is 0 Å². The minimum atomic E-state index is -3.35. The molecule has 7 heteroatoms. The van der Waals surface area contributed by atoms with Crippen LogP contribution in [-0.2, 0) is 27.7 Å². The zero-order valence-corrected chi connectivity index (χ0v) is 18.9. The molecule has 1 aliphatic heterocycles. The standard InChI is InChI=1S/C24H32N2O4S/c1-30-23-13-11-21(12-14-23)15-16-25-24(27)22-10-5-17-26(19-22)31(28,29)18-6-9-20-7-3-2-4-8-20/h2-4,7-8,11-14,22H,5-6,9-10,15-19H2,1H3,(H,25,27)/t22-/m1/s1. The lowest BCUT2D eigenvalue weighted by atomic mass is 9.99. The van der Waals surface area contributed by atoms with Crippen LogP contribution >= 0.6 is 0 Å². The van der Waals surface area contributed by atoms with E-state index in [0.717, 1.165) is 36.1 Å². The first-order valence-electron chi connectivity index (χ1n) is 10.9. The second kappa shape index (κ2) is 11.3. The molecular weight excluding hydrogens is 412 g/mol. The maximum absolute atomic E-state index is 12.8. The summed E-state index contributed by atoms with van der Waals surface area (Å²) < 4.78 is 32.2. The first kappa shape index (κ1) is 23.3. The van der Waals surface area contributed by atoms with Crippen molar-refractivity contribution in [1.29, 1.82) is 0 Å². The molecule has 0 spiro atoms. The Balaban J connectivity index is 1.44. The van der Waals surface area contributed by atoms with Crippen molar-refractivity contribution in [3.8, 4) is 5.75 Å². The number of amides is 1. The smallest absolute Gasteiger partial charge is 0.224 e. The number of piperidine rings is 1. The molecule has 0 aromatic heterocycles. The Kier molecular flexibility index (Phi) is 8.49. The Labute approximate surface area is 185 Å². The van der Waals surface area contributed by atoms with Gasteiger partial charge in [-0.3, -0.25) is 4.79 Å². The van der Waals surface area contributed by atoms with Crippen LogP contribution in [0.3, 0.4) is 0 Å². The van der Waals surface area contributed by atoms with Gasteiger partial charge in [-0.15, -0.1) is 0 Å². The summed E-state index contributed by atoms with van der Waals surface area (Å²) in [7, 11) is -1.72. The summed E-state index contributed by atoms with van der Waals surface area (Å²) in [6, 6.07) is 17.7. The summed E-state index contributed by atoms with van der Waals surface area (Å²) in [5.41, 5.74) is 2.26. The van der Waals surface area contributed by atoms with Crippen molar-refractivity contribution in [2.75, 3.05) is 32.5 Å². The van der Waals surface area contributed by atoms with E-state index in [1.807, 2.05) is 54.6 Å². The van der Waals surface area contributed by atoms with Crippen LogP contribution in [-0.4, -0.2) is 51.1 Å². The highest BCUT2D eigenvalue weighted by molar-refractivity contribution is 7.89. The average molecular weight is 445 g/mol. The highest BCUT2D eigenvalue weighted by Gasteiger charge is 2.31. The Morgan fingerprint density at radius 2 is 1.77 bits per heavy atom. The predicted octanol–water partition coefficient (Wildman–Crippen LogP) is 3.03. The van der Waals surface area contributed by atoms with Crippen LogP contribution in [0.4, 0.5) is 0 Å². The van der Waals surface area contributed by atoms with Crippen LogP contribution in [0.1, 0.15) is 30.4 Å². The number of ether oxygens (including phenoxy) is 1. The molecule has 1 heterocycles. The molecule has 1 saturated heterocycles. The van der Waals surface area contributed by atoms with Crippen LogP contribution in [0.25, 0.3) is 0 Å². The molecule has 1 aliphatic rings. The summed E-state index contributed by atoms with van der Waals surface area (Å²) >= 11 is 0. The molecule has 0 unspecified atom stereocenters. The van der Waals surface area contributed by atoms with Gasteiger partial charge in [0.25, 0.3) is 0 Å². The molecule has 1 N–H and O–H groups in total. The molecule has 0 radical (unpaired) electrons. The van der Waals surface area contributed by atoms with Gasteiger partial charge in [0.05, 0.1) is 18.8 Å². The zero-order chi connectivity index (χ0) is 22.1. The zero-order valence-electron chi connectivity index (χ0n) is 18.1. The molecule has 0 bridgehead atoms. The summed E-state index contributed by atoms with van der Waals surface area (Å²) in [5.74, 6) is 0.583. The SMILES string of the molecule is COc1ccc(CCNC(=O)[C@@H]2CCCN(S(=O)(=O)CCCc3ccccc3)C2)cc1. The fourth-order valence-electron chi connectivity index (χ4n) is 3.91. The van der Waals surface area contributed by atoms with Gasteiger partial charge in [-0.2, -0.15) is 0 Å². The van der Waals surface area contributed by atoms with E-state index in [2.05, 4.69) is 5.32 Å². The maximum Gasteiger partial charge on any atom is 0.224 e. The van der Waals surface area contributed by atoms with Crippen molar-refractivity contribution >= 4 is 15.9 Å². The van der Waals surface area contributed by atoms with Crippen molar-refractivity contribution < 1.29 is 17.9 Å². The number of nitrogens with zero attached hydrogens (tertiary/aromatic N) is 1. The first-order valence-corrected chi connectivity index (χ1v) is 12.5. The molecule has 2 aromatic carbocycles. The van der Waals surface area contributed by atoms with Gasteiger partial charge >= 0.3 is 0 Å². The third kappa shape index (κ3) is 7.08. The van der Waals surface area contributed by atoms with E-state index < -0.39 is 10.0 Å². The first-order chi connectivity index (χ1) is 15.0. The normalized spacial score (nSPS) is 17.3.